The molecule has 1 aromatic rings. The van der Waals surface area contributed by atoms with Gasteiger partial charge in [0.25, 0.3) is 5.69 Å². The average Bonchev–Trinajstić information content (AvgIpc) is 2.20. The van der Waals surface area contributed by atoms with Crippen LogP contribution in [0.15, 0.2) is 18.2 Å². The van der Waals surface area contributed by atoms with Gasteiger partial charge < -0.3 is 10.8 Å². The van der Waals surface area contributed by atoms with E-state index < -0.39 is 16.9 Å². The molecule has 0 aliphatic rings. The molecule has 6 nitrogen and oxygen atoms in total. The van der Waals surface area contributed by atoms with Gasteiger partial charge in [-0.05, 0) is 18.1 Å². The van der Waals surface area contributed by atoms with Crippen LogP contribution in [0.3, 0.4) is 0 Å². The lowest BCUT2D eigenvalue weighted by Crippen LogP contribution is -2.32. The van der Waals surface area contributed by atoms with Crippen molar-refractivity contribution >= 4 is 23.3 Å². The largest absolute Gasteiger partial charge is 0.480 e. The second-order valence-electron chi connectivity index (χ2n) is 3.18. The number of carboxylic acids is 1. The van der Waals surface area contributed by atoms with E-state index >= 15 is 0 Å². The van der Waals surface area contributed by atoms with Gasteiger partial charge in [0.15, 0.2) is 0 Å². The van der Waals surface area contributed by atoms with Gasteiger partial charge in [-0.2, -0.15) is 0 Å². The summed E-state index contributed by atoms with van der Waals surface area (Å²) in [4.78, 5) is 20.5. The van der Waals surface area contributed by atoms with Gasteiger partial charge in [-0.1, -0.05) is 11.6 Å². The number of aliphatic carboxylic acids is 1. The first kappa shape index (κ1) is 12.4. The third kappa shape index (κ3) is 2.91. The summed E-state index contributed by atoms with van der Waals surface area (Å²) in [7, 11) is 0. The van der Waals surface area contributed by atoms with E-state index in [1.165, 1.54) is 18.2 Å². The van der Waals surface area contributed by atoms with Gasteiger partial charge in [-0.25, -0.2) is 0 Å². The minimum Gasteiger partial charge on any atom is -0.480 e. The van der Waals surface area contributed by atoms with Crippen LogP contribution in [0.1, 0.15) is 5.56 Å². The molecule has 86 valence electrons. The Hall–Kier alpha value is -1.66. The van der Waals surface area contributed by atoms with Crippen molar-refractivity contribution in [3.63, 3.8) is 0 Å². The molecule has 3 N–H and O–H groups in total. The maximum atomic E-state index is 10.5. The molecule has 0 aliphatic carbocycles. The number of rotatable bonds is 4. The van der Waals surface area contributed by atoms with Crippen molar-refractivity contribution in [1.29, 1.82) is 0 Å². The first-order valence-electron chi connectivity index (χ1n) is 4.33. The predicted molar refractivity (Wildman–Crippen MR) is 57.4 cm³/mol. The predicted octanol–water partition coefficient (Wildman–Crippen LogP) is 1.20. The highest BCUT2D eigenvalue weighted by Crippen LogP contribution is 2.22. The second kappa shape index (κ2) is 4.91. The number of non-ortho nitro benzene ring substituents is 1. The molecule has 0 radical (unpaired) electrons. The van der Waals surface area contributed by atoms with E-state index in [-0.39, 0.29) is 17.1 Å². The van der Waals surface area contributed by atoms with Gasteiger partial charge in [-0.15, -0.1) is 0 Å². The van der Waals surface area contributed by atoms with Gasteiger partial charge in [-0.3, -0.25) is 14.9 Å². The van der Waals surface area contributed by atoms with Crippen LogP contribution in [0, 0.1) is 10.1 Å². The molecule has 0 aliphatic heterocycles. The molecule has 0 saturated carbocycles. The van der Waals surface area contributed by atoms with Gasteiger partial charge in [0.2, 0.25) is 0 Å². The summed E-state index contributed by atoms with van der Waals surface area (Å²) >= 11 is 5.78. The topological polar surface area (TPSA) is 106 Å². The summed E-state index contributed by atoms with van der Waals surface area (Å²) in [6.07, 6.45) is -0.0458. The number of hydrogen-bond donors (Lipinski definition) is 2. The number of carboxylic acid groups (broad SMARTS) is 1. The summed E-state index contributed by atoms with van der Waals surface area (Å²) < 4.78 is 0. The molecule has 0 bridgehead atoms. The number of nitrogens with zero attached hydrogens (tertiary/aromatic N) is 1. The molecular weight excluding hydrogens is 236 g/mol. The summed E-state index contributed by atoms with van der Waals surface area (Å²) in [6.45, 7) is 0. The van der Waals surface area contributed by atoms with Crippen LogP contribution in [-0.2, 0) is 11.2 Å². The van der Waals surface area contributed by atoms with Crippen molar-refractivity contribution in [2.75, 3.05) is 0 Å². The van der Waals surface area contributed by atoms with Crippen LogP contribution in [0.2, 0.25) is 5.02 Å². The van der Waals surface area contributed by atoms with Crippen molar-refractivity contribution in [3.8, 4) is 0 Å². The summed E-state index contributed by atoms with van der Waals surface area (Å²) in [6, 6.07) is 2.70. The molecule has 7 heteroatoms. The Balaban J connectivity index is 2.98. The van der Waals surface area contributed by atoms with Crippen LogP contribution in [0.25, 0.3) is 0 Å². The lowest BCUT2D eigenvalue weighted by Gasteiger charge is -2.07. The SMILES string of the molecule is N[C@@H](Cc1cc([N+](=O)[O-])ccc1Cl)C(=O)O. The number of halogens is 1. The van der Waals surface area contributed by atoms with Crippen LogP contribution in [-0.4, -0.2) is 22.0 Å². The Morgan fingerprint density at radius 3 is 2.75 bits per heavy atom. The number of nitrogens with two attached hydrogens (primary N) is 1. The highest BCUT2D eigenvalue weighted by Gasteiger charge is 2.16. The average molecular weight is 245 g/mol. The molecule has 0 amide bonds. The Kier molecular flexibility index (Phi) is 3.81. The van der Waals surface area contributed by atoms with Gasteiger partial charge in [0.1, 0.15) is 6.04 Å². The highest BCUT2D eigenvalue weighted by molar-refractivity contribution is 6.31. The van der Waals surface area contributed by atoms with Crippen molar-refractivity contribution in [1.82, 2.24) is 0 Å². The number of benzene rings is 1. The zero-order valence-corrected chi connectivity index (χ0v) is 8.85. The summed E-state index contributed by atoms with van der Waals surface area (Å²) in [5, 5.41) is 19.4. The minimum absolute atomic E-state index is 0.0458. The lowest BCUT2D eigenvalue weighted by molar-refractivity contribution is -0.384. The zero-order valence-electron chi connectivity index (χ0n) is 8.09. The zero-order chi connectivity index (χ0) is 12.3. The van der Waals surface area contributed by atoms with Crippen LogP contribution < -0.4 is 5.73 Å². The Bertz CT molecular complexity index is 436. The van der Waals surface area contributed by atoms with E-state index in [0.29, 0.717) is 5.56 Å². The third-order valence-corrected chi connectivity index (χ3v) is 2.37. The molecule has 0 aromatic heterocycles. The monoisotopic (exact) mass is 244 g/mol. The molecule has 0 spiro atoms. The van der Waals surface area contributed by atoms with E-state index in [2.05, 4.69) is 0 Å². The molecule has 0 unspecified atom stereocenters. The fraction of sp³-hybridized carbons (Fsp3) is 0.222. The highest BCUT2D eigenvalue weighted by atomic mass is 35.5. The fourth-order valence-corrected chi connectivity index (χ4v) is 1.35. The standard InChI is InChI=1S/C9H9ClN2O4/c10-7-2-1-6(12(15)16)3-5(7)4-8(11)9(13)14/h1-3,8H,4,11H2,(H,13,14)/t8-/m0/s1. The van der Waals surface area contributed by atoms with E-state index in [9.17, 15) is 14.9 Å². The maximum absolute atomic E-state index is 10.5. The fourth-order valence-electron chi connectivity index (χ4n) is 1.16. The number of nitro benzene ring substituents is 1. The third-order valence-electron chi connectivity index (χ3n) is 2.00. The molecule has 1 rings (SSSR count). The van der Waals surface area contributed by atoms with Crippen LogP contribution in [0.4, 0.5) is 5.69 Å². The Morgan fingerprint density at radius 2 is 2.25 bits per heavy atom. The lowest BCUT2D eigenvalue weighted by atomic mass is 10.1. The second-order valence-corrected chi connectivity index (χ2v) is 3.59. The van der Waals surface area contributed by atoms with Crippen LogP contribution in [0.5, 0.6) is 0 Å². The minimum atomic E-state index is -1.18. The first-order valence-corrected chi connectivity index (χ1v) is 4.71. The van der Waals surface area contributed by atoms with E-state index in [1.54, 1.807) is 0 Å². The number of carbonyl (C=O) groups is 1. The van der Waals surface area contributed by atoms with Crippen molar-refractivity contribution in [3.05, 3.63) is 38.9 Å². The summed E-state index contributed by atoms with van der Waals surface area (Å²) in [5.74, 6) is -1.18. The van der Waals surface area contributed by atoms with Gasteiger partial charge >= 0.3 is 5.97 Å². The van der Waals surface area contributed by atoms with E-state index in [1.807, 2.05) is 0 Å². The van der Waals surface area contributed by atoms with Crippen molar-refractivity contribution in [2.45, 2.75) is 12.5 Å². The van der Waals surface area contributed by atoms with Crippen LogP contribution >= 0.6 is 11.6 Å². The van der Waals surface area contributed by atoms with Crippen molar-refractivity contribution in [2.24, 2.45) is 5.73 Å². The molecule has 16 heavy (non-hydrogen) atoms. The molecule has 1 aromatic carbocycles. The number of nitro groups is 1. The first-order chi connectivity index (χ1) is 7.41. The van der Waals surface area contributed by atoms with Gasteiger partial charge in [0.05, 0.1) is 4.92 Å². The molecule has 0 heterocycles. The molecular formula is C9H9ClN2O4. The Labute approximate surface area is 95.8 Å². The quantitative estimate of drug-likeness (QED) is 0.611. The van der Waals surface area contributed by atoms with E-state index in [4.69, 9.17) is 22.4 Å². The molecule has 1 atom stereocenters. The molecule has 0 fully saturated rings. The summed E-state index contributed by atoms with van der Waals surface area (Å²) in [5.41, 5.74) is 5.53. The van der Waals surface area contributed by atoms with E-state index in [0.717, 1.165) is 0 Å². The maximum Gasteiger partial charge on any atom is 0.320 e. The Morgan fingerprint density at radius 1 is 1.62 bits per heavy atom. The smallest absolute Gasteiger partial charge is 0.320 e. The van der Waals surface area contributed by atoms with Crippen molar-refractivity contribution < 1.29 is 14.8 Å². The molecule has 0 saturated heterocycles. The van der Waals surface area contributed by atoms with Gasteiger partial charge in [0, 0.05) is 17.2 Å². The normalized spacial score (nSPS) is 12.1. The number of hydrogen-bond acceptors (Lipinski definition) is 4.